The zero-order valence-electron chi connectivity index (χ0n) is 14.6. The summed E-state index contributed by atoms with van der Waals surface area (Å²) in [7, 11) is 0. The van der Waals surface area contributed by atoms with Crippen molar-refractivity contribution in [1.82, 2.24) is 0 Å². The molecule has 0 aliphatic heterocycles. The second-order valence-electron chi connectivity index (χ2n) is 5.96. The number of hydrogen-bond acceptors (Lipinski definition) is 3. The Kier molecular flexibility index (Phi) is 5.94. The van der Waals surface area contributed by atoms with E-state index in [1.165, 1.54) is 0 Å². The highest BCUT2D eigenvalue weighted by Gasteiger charge is 2.12. The number of rotatable bonds is 8. The fourth-order valence-corrected chi connectivity index (χ4v) is 2.64. The van der Waals surface area contributed by atoms with Crippen molar-refractivity contribution < 1.29 is 14.6 Å². The zero-order valence-corrected chi connectivity index (χ0v) is 14.6. The minimum absolute atomic E-state index is 0.151. The number of phenolic OH excluding ortho intramolecular Hbond substituents is 1. The van der Waals surface area contributed by atoms with E-state index in [-0.39, 0.29) is 5.75 Å². The van der Waals surface area contributed by atoms with Crippen LogP contribution in [0.25, 0.3) is 0 Å². The fourth-order valence-electron chi connectivity index (χ4n) is 2.64. The summed E-state index contributed by atoms with van der Waals surface area (Å²) in [6, 6.07) is 23.3. The van der Waals surface area contributed by atoms with Gasteiger partial charge in [0.2, 0.25) is 0 Å². The third-order valence-electron chi connectivity index (χ3n) is 3.99. The molecule has 0 saturated carbocycles. The molecule has 0 aromatic heterocycles. The molecule has 26 heavy (non-hydrogen) atoms. The number of hydrogen-bond donors (Lipinski definition) is 1. The monoisotopic (exact) mass is 346 g/mol. The molecule has 0 atom stereocenters. The lowest BCUT2D eigenvalue weighted by molar-refractivity contribution is 0.284. The molecule has 1 N–H and O–H groups in total. The number of ether oxygens (including phenoxy) is 2. The highest BCUT2D eigenvalue weighted by Crippen LogP contribution is 2.35. The van der Waals surface area contributed by atoms with Crippen molar-refractivity contribution in [3.05, 3.63) is 102 Å². The van der Waals surface area contributed by atoms with Crippen LogP contribution in [-0.4, -0.2) is 5.11 Å². The van der Waals surface area contributed by atoms with Crippen molar-refractivity contribution >= 4 is 0 Å². The lowest BCUT2D eigenvalue weighted by Crippen LogP contribution is -2.01. The molecule has 0 saturated heterocycles. The summed E-state index contributed by atoms with van der Waals surface area (Å²) in [6.45, 7) is 4.61. The first-order chi connectivity index (χ1) is 12.8. The predicted octanol–water partition coefficient (Wildman–Crippen LogP) is 5.28. The molecule has 3 rings (SSSR count). The molecule has 3 heteroatoms. The molecule has 0 aliphatic carbocycles. The smallest absolute Gasteiger partial charge is 0.130 e. The third kappa shape index (κ3) is 4.67. The second-order valence-corrected chi connectivity index (χ2v) is 5.96. The lowest BCUT2D eigenvalue weighted by Gasteiger charge is -2.15. The number of aromatic hydroxyl groups is 1. The summed E-state index contributed by atoms with van der Waals surface area (Å²) in [5.41, 5.74) is 2.84. The fraction of sp³-hybridized carbons (Fsp3) is 0.130. The summed E-state index contributed by atoms with van der Waals surface area (Å²) < 4.78 is 11.8. The van der Waals surface area contributed by atoms with E-state index >= 15 is 0 Å². The Balaban J connectivity index is 1.78. The maximum absolute atomic E-state index is 10.4. The van der Waals surface area contributed by atoms with Gasteiger partial charge in [-0.05, 0) is 17.5 Å². The van der Waals surface area contributed by atoms with E-state index in [4.69, 9.17) is 9.47 Å². The Morgan fingerprint density at radius 2 is 1.38 bits per heavy atom. The van der Waals surface area contributed by atoms with Gasteiger partial charge in [0.05, 0.1) is 0 Å². The minimum Gasteiger partial charge on any atom is -0.507 e. The van der Waals surface area contributed by atoms with Crippen LogP contribution in [0.5, 0.6) is 17.2 Å². The number of phenols is 1. The molecule has 0 bridgehead atoms. The Morgan fingerprint density at radius 1 is 0.808 bits per heavy atom. The molecule has 0 unspecified atom stereocenters. The van der Waals surface area contributed by atoms with Crippen LogP contribution in [-0.2, 0) is 19.6 Å². The highest BCUT2D eigenvalue weighted by molar-refractivity contribution is 5.51. The molecule has 0 heterocycles. The number of benzene rings is 3. The lowest BCUT2D eigenvalue weighted by atomic mass is 10.1. The van der Waals surface area contributed by atoms with Crippen LogP contribution in [0.1, 0.15) is 16.7 Å². The molecular formula is C23H22O3. The van der Waals surface area contributed by atoms with Gasteiger partial charge in [-0.3, -0.25) is 0 Å². The van der Waals surface area contributed by atoms with E-state index in [0.717, 1.165) is 11.1 Å². The summed E-state index contributed by atoms with van der Waals surface area (Å²) >= 11 is 0. The van der Waals surface area contributed by atoms with Crippen LogP contribution >= 0.6 is 0 Å². The van der Waals surface area contributed by atoms with Gasteiger partial charge < -0.3 is 14.6 Å². The molecule has 0 amide bonds. The van der Waals surface area contributed by atoms with E-state index in [0.29, 0.717) is 36.7 Å². The van der Waals surface area contributed by atoms with E-state index in [9.17, 15) is 5.11 Å². The molecule has 3 nitrogen and oxygen atoms in total. The minimum atomic E-state index is 0.151. The SMILES string of the molecule is C=CCc1c(O)cc(OCc2ccccc2)cc1OCc1ccccc1. The van der Waals surface area contributed by atoms with Gasteiger partial charge in [-0.1, -0.05) is 66.7 Å². The summed E-state index contributed by atoms with van der Waals surface area (Å²) in [5, 5.41) is 10.4. The van der Waals surface area contributed by atoms with Crippen LogP contribution < -0.4 is 9.47 Å². The molecule has 3 aromatic carbocycles. The summed E-state index contributed by atoms with van der Waals surface area (Å²) in [5.74, 6) is 1.33. The Labute approximate surface area is 154 Å². The number of allylic oxidation sites excluding steroid dienone is 1. The van der Waals surface area contributed by atoms with Crippen LogP contribution in [0.3, 0.4) is 0 Å². The summed E-state index contributed by atoms with van der Waals surface area (Å²) in [6.07, 6.45) is 2.27. The normalized spacial score (nSPS) is 10.3. The largest absolute Gasteiger partial charge is 0.507 e. The standard InChI is InChI=1S/C23H22O3/c1-2-9-21-22(24)14-20(25-16-18-10-5-3-6-11-18)15-23(21)26-17-19-12-7-4-8-13-19/h2-8,10-15,24H,1,9,16-17H2. The second kappa shape index (κ2) is 8.77. The van der Waals surface area contributed by atoms with Gasteiger partial charge in [0.15, 0.2) is 0 Å². The Hall–Kier alpha value is -3.20. The summed E-state index contributed by atoms with van der Waals surface area (Å²) in [4.78, 5) is 0. The van der Waals surface area contributed by atoms with Crippen molar-refractivity contribution in [2.45, 2.75) is 19.6 Å². The first-order valence-corrected chi connectivity index (χ1v) is 8.56. The maximum Gasteiger partial charge on any atom is 0.130 e. The quantitative estimate of drug-likeness (QED) is 0.564. The van der Waals surface area contributed by atoms with Gasteiger partial charge in [0.1, 0.15) is 30.5 Å². The topological polar surface area (TPSA) is 38.7 Å². The Bertz CT molecular complexity index is 842. The molecular weight excluding hydrogens is 324 g/mol. The van der Waals surface area contributed by atoms with E-state index in [1.807, 2.05) is 66.7 Å². The Morgan fingerprint density at radius 3 is 1.96 bits per heavy atom. The van der Waals surface area contributed by atoms with Gasteiger partial charge in [-0.15, -0.1) is 6.58 Å². The van der Waals surface area contributed by atoms with Crippen molar-refractivity contribution in [2.75, 3.05) is 0 Å². The molecule has 3 aromatic rings. The first kappa shape index (κ1) is 17.6. The highest BCUT2D eigenvalue weighted by atomic mass is 16.5. The van der Waals surface area contributed by atoms with E-state index < -0.39 is 0 Å². The van der Waals surface area contributed by atoms with Gasteiger partial charge in [0, 0.05) is 17.7 Å². The maximum atomic E-state index is 10.4. The van der Waals surface area contributed by atoms with Crippen LogP contribution in [0.2, 0.25) is 0 Å². The molecule has 0 aliphatic rings. The van der Waals surface area contributed by atoms with E-state index in [2.05, 4.69) is 6.58 Å². The molecule has 0 spiro atoms. The van der Waals surface area contributed by atoms with Gasteiger partial charge in [0.25, 0.3) is 0 Å². The average molecular weight is 346 g/mol. The van der Waals surface area contributed by atoms with Crippen molar-refractivity contribution in [3.63, 3.8) is 0 Å². The van der Waals surface area contributed by atoms with Crippen LogP contribution in [0.4, 0.5) is 0 Å². The van der Waals surface area contributed by atoms with Crippen molar-refractivity contribution in [2.24, 2.45) is 0 Å². The third-order valence-corrected chi connectivity index (χ3v) is 3.99. The predicted molar refractivity (Wildman–Crippen MR) is 104 cm³/mol. The van der Waals surface area contributed by atoms with Crippen LogP contribution in [0, 0.1) is 0 Å². The molecule has 0 radical (unpaired) electrons. The van der Waals surface area contributed by atoms with Crippen molar-refractivity contribution in [1.29, 1.82) is 0 Å². The van der Waals surface area contributed by atoms with E-state index in [1.54, 1.807) is 12.1 Å². The zero-order chi connectivity index (χ0) is 18.2. The van der Waals surface area contributed by atoms with Gasteiger partial charge >= 0.3 is 0 Å². The van der Waals surface area contributed by atoms with Gasteiger partial charge in [-0.2, -0.15) is 0 Å². The molecule has 0 fully saturated rings. The molecule has 132 valence electrons. The first-order valence-electron chi connectivity index (χ1n) is 8.56. The average Bonchev–Trinajstić information content (AvgIpc) is 2.68. The van der Waals surface area contributed by atoms with Crippen LogP contribution in [0.15, 0.2) is 85.5 Å². The van der Waals surface area contributed by atoms with Crippen molar-refractivity contribution in [3.8, 4) is 17.2 Å². The van der Waals surface area contributed by atoms with Gasteiger partial charge in [-0.25, -0.2) is 0 Å².